The maximum atomic E-state index is 12.4. The van der Waals surface area contributed by atoms with E-state index in [1.807, 2.05) is 0 Å². The minimum Gasteiger partial charge on any atom is -0.314 e. The normalized spacial score (nSPS) is 29.8. The summed E-state index contributed by atoms with van der Waals surface area (Å²) in [5.41, 5.74) is 0. The molecule has 0 bridgehead atoms. The number of nitrogens with zero attached hydrogens (tertiary/aromatic N) is 1. The van der Waals surface area contributed by atoms with E-state index in [4.69, 9.17) is 0 Å². The largest absolute Gasteiger partial charge is 0.314 e. The van der Waals surface area contributed by atoms with Gasteiger partial charge in [-0.05, 0) is 58.3 Å². The molecule has 0 radical (unpaired) electrons. The van der Waals surface area contributed by atoms with Gasteiger partial charge in [0.1, 0.15) is 5.78 Å². The van der Waals surface area contributed by atoms with Crippen LogP contribution in [0.5, 0.6) is 0 Å². The van der Waals surface area contributed by atoms with Crippen LogP contribution in [-0.4, -0.2) is 43.4 Å². The summed E-state index contributed by atoms with van der Waals surface area (Å²) in [6.45, 7) is 7.57. The fourth-order valence-corrected chi connectivity index (χ4v) is 3.79. The predicted molar refractivity (Wildman–Crippen MR) is 83.8 cm³/mol. The number of hydrogen-bond donors (Lipinski definition) is 1. The van der Waals surface area contributed by atoms with Crippen molar-refractivity contribution < 1.29 is 4.79 Å². The molecule has 2 atom stereocenters. The van der Waals surface area contributed by atoms with Gasteiger partial charge in [-0.2, -0.15) is 0 Å². The molecule has 1 heterocycles. The van der Waals surface area contributed by atoms with Crippen molar-refractivity contribution in [3.8, 4) is 0 Å². The van der Waals surface area contributed by atoms with Crippen LogP contribution < -0.4 is 5.32 Å². The standard InChI is InChI=1S/C17H32N2O/c1-13(2)17(20)16-7-5-4-6-14(16)12-18-15-8-10-19(3)11-9-15/h13-16,18H,4-12H2,1-3H3. The lowest BCUT2D eigenvalue weighted by atomic mass is 9.74. The first-order valence-electron chi connectivity index (χ1n) is 8.53. The monoisotopic (exact) mass is 280 g/mol. The van der Waals surface area contributed by atoms with Crippen LogP contribution in [0.2, 0.25) is 0 Å². The number of piperidine rings is 1. The highest BCUT2D eigenvalue weighted by Crippen LogP contribution is 2.32. The van der Waals surface area contributed by atoms with Gasteiger partial charge in [0.2, 0.25) is 0 Å². The van der Waals surface area contributed by atoms with Crippen LogP contribution in [0.25, 0.3) is 0 Å². The topological polar surface area (TPSA) is 32.3 Å². The lowest BCUT2D eigenvalue weighted by molar-refractivity contribution is -0.128. The molecule has 0 aromatic carbocycles. The van der Waals surface area contributed by atoms with Crippen LogP contribution in [0.3, 0.4) is 0 Å². The van der Waals surface area contributed by atoms with Crippen molar-refractivity contribution in [1.82, 2.24) is 10.2 Å². The maximum absolute atomic E-state index is 12.4. The molecule has 3 nitrogen and oxygen atoms in total. The van der Waals surface area contributed by atoms with E-state index < -0.39 is 0 Å². The van der Waals surface area contributed by atoms with Crippen molar-refractivity contribution in [2.75, 3.05) is 26.7 Å². The second-order valence-electron chi connectivity index (χ2n) is 7.19. The zero-order valence-electron chi connectivity index (χ0n) is 13.5. The van der Waals surface area contributed by atoms with Crippen LogP contribution in [-0.2, 0) is 4.79 Å². The van der Waals surface area contributed by atoms with Crippen molar-refractivity contribution in [3.05, 3.63) is 0 Å². The highest BCUT2D eigenvalue weighted by atomic mass is 16.1. The molecule has 1 aliphatic carbocycles. The summed E-state index contributed by atoms with van der Waals surface area (Å²) in [6, 6.07) is 0.669. The number of likely N-dealkylation sites (tertiary alicyclic amines) is 1. The summed E-state index contributed by atoms with van der Waals surface area (Å²) < 4.78 is 0. The minimum atomic E-state index is 0.198. The fourth-order valence-electron chi connectivity index (χ4n) is 3.79. The third-order valence-electron chi connectivity index (χ3n) is 5.23. The Bertz CT molecular complexity index is 308. The SMILES string of the molecule is CC(C)C(=O)C1CCCCC1CNC1CCN(C)CC1. The molecule has 0 amide bonds. The van der Waals surface area contributed by atoms with E-state index >= 15 is 0 Å². The van der Waals surface area contributed by atoms with Gasteiger partial charge in [-0.15, -0.1) is 0 Å². The molecule has 0 spiro atoms. The second kappa shape index (κ2) is 7.56. The molecule has 1 saturated carbocycles. The molecule has 2 unspecified atom stereocenters. The molecule has 0 aromatic rings. The van der Waals surface area contributed by atoms with Gasteiger partial charge in [0, 0.05) is 17.9 Å². The van der Waals surface area contributed by atoms with E-state index in [0.717, 1.165) is 13.0 Å². The highest BCUT2D eigenvalue weighted by Gasteiger charge is 2.32. The summed E-state index contributed by atoms with van der Waals surface area (Å²) in [6.07, 6.45) is 7.42. The van der Waals surface area contributed by atoms with Gasteiger partial charge in [-0.1, -0.05) is 26.7 Å². The number of Topliss-reactive ketones (excluding diaryl/α,β-unsaturated/α-hetero) is 1. The number of rotatable bonds is 5. The van der Waals surface area contributed by atoms with Gasteiger partial charge in [-0.25, -0.2) is 0 Å². The first-order chi connectivity index (χ1) is 9.58. The number of carbonyl (C=O) groups is 1. The van der Waals surface area contributed by atoms with Gasteiger partial charge < -0.3 is 10.2 Å². The Morgan fingerprint density at radius 3 is 2.45 bits per heavy atom. The minimum absolute atomic E-state index is 0.198. The highest BCUT2D eigenvalue weighted by molar-refractivity contribution is 5.83. The van der Waals surface area contributed by atoms with E-state index in [1.54, 1.807) is 0 Å². The Balaban J connectivity index is 1.81. The molecule has 2 fully saturated rings. The van der Waals surface area contributed by atoms with Crippen LogP contribution >= 0.6 is 0 Å². The quantitative estimate of drug-likeness (QED) is 0.840. The third kappa shape index (κ3) is 4.29. The molecule has 1 aliphatic heterocycles. The summed E-state index contributed by atoms with van der Waals surface area (Å²) in [4.78, 5) is 14.8. The molecular weight excluding hydrogens is 248 g/mol. The summed E-state index contributed by atoms with van der Waals surface area (Å²) in [5, 5.41) is 3.76. The summed E-state index contributed by atoms with van der Waals surface area (Å²) in [5.74, 6) is 1.60. The van der Waals surface area contributed by atoms with Gasteiger partial charge in [0.15, 0.2) is 0 Å². The van der Waals surface area contributed by atoms with E-state index in [2.05, 4.69) is 31.1 Å². The van der Waals surface area contributed by atoms with Crippen molar-refractivity contribution in [2.45, 2.75) is 58.4 Å². The van der Waals surface area contributed by atoms with Crippen molar-refractivity contribution in [3.63, 3.8) is 0 Å². The van der Waals surface area contributed by atoms with Gasteiger partial charge in [0.25, 0.3) is 0 Å². The molecule has 2 rings (SSSR count). The Kier molecular flexibility index (Phi) is 6.03. The van der Waals surface area contributed by atoms with Gasteiger partial charge >= 0.3 is 0 Å². The first-order valence-corrected chi connectivity index (χ1v) is 8.53. The first kappa shape index (κ1) is 16.0. The van der Waals surface area contributed by atoms with E-state index in [1.165, 1.54) is 45.2 Å². The number of nitrogens with one attached hydrogen (secondary N) is 1. The number of carbonyl (C=O) groups excluding carboxylic acids is 1. The van der Waals surface area contributed by atoms with Crippen LogP contribution in [0, 0.1) is 17.8 Å². The van der Waals surface area contributed by atoms with Crippen molar-refractivity contribution in [2.24, 2.45) is 17.8 Å². The maximum Gasteiger partial charge on any atom is 0.138 e. The average Bonchev–Trinajstić information content (AvgIpc) is 2.46. The van der Waals surface area contributed by atoms with E-state index in [9.17, 15) is 4.79 Å². The third-order valence-corrected chi connectivity index (χ3v) is 5.23. The fraction of sp³-hybridized carbons (Fsp3) is 0.941. The molecule has 20 heavy (non-hydrogen) atoms. The molecule has 1 N–H and O–H groups in total. The summed E-state index contributed by atoms with van der Waals surface area (Å²) >= 11 is 0. The molecule has 0 aromatic heterocycles. The number of ketones is 1. The molecule has 2 aliphatic rings. The molecule has 1 saturated heterocycles. The van der Waals surface area contributed by atoms with Crippen LogP contribution in [0.1, 0.15) is 52.4 Å². The Hall–Kier alpha value is -0.410. The number of hydrogen-bond acceptors (Lipinski definition) is 3. The lowest BCUT2D eigenvalue weighted by Crippen LogP contribution is -2.44. The van der Waals surface area contributed by atoms with Gasteiger partial charge in [-0.3, -0.25) is 4.79 Å². The summed E-state index contributed by atoms with van der Waals surface area (Å²) in [7, 11) is 2.20. The smallest absolute Gasteiger partial charge is 0.138 e. The zero-order chi connectivity index (χ0) is 14.5. The van der Waals surface area contributed by atoms with E-state index in [-0.39, 0.29) is 5.92 Å². The van der Waals surface area contributed by atoms with Crippen LogP contribution in [0.4, 0.5) is 0 Å². The molecular formula is C17H32N2O. The van der Waals surface area contributed by atoms with Crippen LogP contribution in [0.15, 0.2) is 0 Å². The Labute approximate surface area is 124 Å². The van der Waals surface area contributed by atoms with Crippen molar-refractivity contribution >= 4 is 5.78 Å². The molecule has 116 valence electrons. The Morgan fingerprint density at radius 1 is 1.15 bits per heavy atom. The zero-order valence-corrected chi connectivity index (χ0v) is 13.5. The lowest BCUT2D eigenvalue weighted by Gasteiger charge is -2.35. The second-order valence-corrected chi connectivity index (χ2v) is 7.19. The van der Waals surface area contributed by atoms with Crippen molar-refractivity contribution in [1.29, 1.82) is 0 Å². The predicted octanol–water partition coefficient (Wildman–Crippen LogP) is 2.70. The Morgan fingerprint density at radius 2 is 1.80 bits per heavy atom. The molecule has 3 heteroatoms. The van der Waals surface area contributed by atoms with E-state index in [0.29, 0.717) is 23.7 Å². The van der Waals surface area contributed by atoms with Gasteiger partial charge in [0.05, 0.1) is 0 Å². The average molecular weight is 280 g/mol.